The van der Waals surface area contributed by atoms with Crippen molar-refractivity contribution in [3.63, 3.8) is 0 Å². The van der Waals surface area contributed by atoms with Crippen LogP contribution in [0.5, 0.6) is 0 Å². The fraction of sp³-hybridized carbons (Fsp3) is 0.500. The van der Waals surface area contributed by atoms with Crippen molar-refractivity contribution in [2.75, 3.05) is 45.2 Å². The van der Waals surface area contributed by atoms with Gasteiger partial charge in [-0.1, -0.05) is 24.3 Å². The molecule has 5 nitrogen and oxygen atoms in total. The minimum absolute atomic E-state index is 0.0953. The van der Waals surface area contributed by atoms with Crippen LogP contribution in [0.3, 0.4) is 0 Å². The zero-order valence-electron chi connectivity index (χ0n) is 19.9. The Morgan fingerprint density at radius 2 is 1.58 bits per heavy atom. The summed E-state index contributed by atoms with van der Waals surface area (Å²) < 4.78 is 0. The number of likely N-dealkylation sites (tertiary alicyclic amines) is 2. The molecule has 1 spiro atoms. The SMILES string of the molecule is CN(C)c1ccc(C(=O)N2CCC3(CC2)CC(CC(=O)N2CCCC2)c2ccccc23)cc1. The zero-order valence-corrected chi connectivity index (χ0v) is 19.9. The molecule has 2 saturated heterocycles. The largest absolute Gasteiger partial charge is 0.378 e. The van der Waals surface area contributed by atoms with Crippen LogP contribution in [0.4, 0.5) is 5.69 Å². The topological polar surface area (TPSA) is 43.9 Å². The van der Waals surface area contributed by atoms with Gasteiger partial charge in [0.1, 0.15) is 0 Å². The van der Waals surface area contributed by atoms with Gasteiger partial charge in [0.25, 0.3) is 5.91 Å². The Kier molecular flexibility index (Phi) is 5.90. The summed E-state index contributed by atoms with van der Waals surface area (Å²) in [6.45, 7) is 3.39. The number of fused-ring (bicyclic) bond motifs is 2. The summed E-state index contributed by atoms with van der Waals surface area (Å²) in [5.74, 6) is 0.746. The van der Waals surface area contributed by atoms with Gasteiger partial charge in [-0.3, -0.25) is 9.59 Å². The summed E-state index contributed by atoms with van der Waals surface area (Å²) in [5.41, 5.74) is 4.74. The Hall–Kier alpha value is -2.82. The van der Waals surface area contributed by atoms with Crippen molar-refractivity contribution in [2.24, 2.45) is 0 Å². The van der Waals surface area contributed by atoms with E-state index >= 15 is 0 Å². The summed E-state index contributed by atoms with van der Waals surface area (Å²) in [7, 11) is 4.01. The van der Waals surface area contributed by atoms with Crippen molar-refractivity contribution < 1.29 is 9.59 Å². The summed E-state index contributed by atoms with van der Waals surface area (Å²) >= 11 is 0. The Labute approximate surface area is 197 Å². The number of rotatable bonds is 4. The molecule has 2 aliphatic heterocycles. The summed E-state index contributed by atoms with van der Waals surface area (Å²) in [6, 6.07) is 16.6. The first-order valence-corrected chi connectivity index (χ1v) is 12.4. The summed E-state index contributed by atoms with van der Waals surface area (Å²) in [6.07, 6.45) is 5.88. The second-order valence-electron chi connectivity index (χ2n) is 10.3. The highest BCUT2D eigenvalue weighted by Gasteiger charge is 2.46. The number of carbonyl (C=O) groups is 2. The van der Waals surface area contributed by atoms with Crippen molar-refractivity contribution in [2.45, 2.75) is 49.9 Å². The third kappa shape index (κ3) is 4.14. The molecule has 0 radical (unpaired) electrons. The highest BCUT2D eigenvalue weighted by molar-refractivity contribution is 5.94. The van der Waals surface area contributed by atoms with E-state index in [1.807, 2.05) is 48.2 Å². The van der Waals surface area contributed by atoms with Crippen LogP contribution in [0.1, 0.15) is 65.9 Å². The molecule has 2 aromatic carbocycles. The van der Waals surface area contributed by atoms with Crippen molar-refractivity contribution in [1.29, 1.82) is 0 Å². The number of nitrogens with zero attached hydrogens (tertiary/aromatic N) is 3. The lowest BCUT2D eigenvalue weighted by molar-refractivity contribution is -0.130. The monoisotopic (exact) mass is 445 g/mol. The van der Waals surface area contributed by atoms with Crippen molar-refractivity contribution >= 4 is 17.5 Å². The van der Waals surface area contributed by atoms with Crippen molar-refractivity contribution in [3.8, 4) is 0 Å². The minimum Gasteiger partial charge on any atom is -0.378 e. The molecule has 2 heterocycles. The van der Waals surface area contributed by atoms with Crippen LogP contribution in [0.15, 0.2) is 48.5 Å². The highest BCUT2D eigenvalue weighted by Crippen LogP contribution is 2.52. The van der Waals surface area contributed by atoms with E-state index in [1.165, 1.54) is 11.1 Å². The van der Waals surface area contributed by atoms with Gasteiger partial charge in [0.15, 0.2) is 0 Å². The van der Waals surface area contributed by atoms with E-state index < -0.39 is 0 Å². The lowest BCUT2D eigenvalue weighted by Crippen LogP contribution is -2.44. The molecule has 2 amide bonds. The van der Waals surface area contributed by atoms with Crippen molar-refractivity contribution in [3.05, 3.63) is 65.2 Å². The molecule has 5 rings (SSSR count). The molecule has 1 atom stereocenters. The van der Waals surface area contributed by atoms with Crippen LogP contribution in [0, 0.1) is 0 Å². The van der Waals surface area contributed by atoms with Crippen LogP contribution in [0.25, 0.3) is 0 Å². The molecule has 2 aromatic rings. The second kappa shape index (κ2) is 8.85. The van der Waals surface area contributed by atoms with Crippen LogP contribution >= 0.6 is 0 Å². The fourth-order valence-corrected chi connectivity index (χ4v) is 6.21. The molecular weight excluding hydrogens is 410 g/mol. The second-order valence-corrected chi connectivity index (χ2v) is 10.3. The summed E-state index contributed by atoms with van der Waals surface area (Å²) in [4.78, 5) is 32.2. The van der Waals surface area contributed by atoms with Crippen LogP contribution in [-0.2, 0) is 10.2 Å². The molecule has 0 saturated carbocycles. The third-order valence-corrected chi connectivity index (χ3v) is 8.13. The quantitative estimate of drug-likeness (QED) is 0.700. The molecule has 3 aliphatic rings. The molecule has 0 aromatic heterocycles. The number of amides is 2. The average molecular weight is 446 g/mol. The number of piperidine rings is 1. The lowest BCUT2D eigenvalue weighted by atomic mass is 9.73. The Bertz CT molecular complexity index is 1020. The molecule has 1 aliphatic carbocycles. The molecule has 5 heteroatoms. The van der Waals surface area contributed by atoms with Gasteiger partial charge in [0, 0.05) is 57.9 Å². The standard InChI is InChI=1S/C28H35N3O2/c1-29(2)23-11-9-21(10-12-23)27(33)31-17-13-28(14-18-31)20-22(24-7-3-4-8-25(24)28)19-26(32)30-15-5-6-16-30/h3-4,7-12,22H,5-6,13-20H2,1-2H3. The number of anilines is 1. The number of carbonyl (C=O) groups excluding carboxylic acids is 2. The van der Waals surface area contributed by atoms with Gasteiger partial charge in [-0.05, 0) is 78.8 Å². The van der Waals surface area contributed by atoms with Gasteiger partial charge in [0.2, 0.25) is 5.91 Å². The molecule has 0 bridgehead atoms. The van der Waals surface area contributed by atoms with Crippen LogP contribution in [0.2, 0.25) is 0 Å². The van der Waals surface area contributed by atoms with E-state index in [9.17, 15) is 9.59 Å². The molecule has 174 valence electrons. The lowest BCUT2D eigenvalue weighted by Gasteiger charge is -2.40. The van der Waals surface area contributed by atoms with E-state index in [0.717, 1.165) is 69.5 Å². The minimum atomic E-state index is 0.0953. The first-order valence-electron chi connectivity index (χ1n) is 12.4. The number of benzene rings is 2. The Morgan fingerprint density at radius 3 is 2.24 bits per heavy atom. The maximum absolute atomic E-state index is 13.1. The van der Waals surface area contributed by atoms with E-state index in [4.69, 9.17) is 0 Å². The predicted molar refractivity (Wildman–Crippen MR) is 132 cm³/mol. The van der Waals surface area contributed by atoms with E-state index in [1.54, 1.807) is 0 Å². The molecule has 2 fully saturated rings. The molecule has 0 N–H and O–H groups in total. The fourth-order valence-electron chi connectivity index (χ4n) is 6.21. The van der Waals surface area contributed by atoms with E-state index in [-0.39, 0.29) is 11.3 Å². The Balaban J connectivity index is 1.28. The van der Waals surface area contributed by atoms with Crippen LogP contribution < -0.4 is 4.90 Å². The summed E-state index contributed by atoms with van der Waals surface area (Å²) in [5, 5.41) is 0. The van der Waals surface area contributed by atoms with Gasteiger partial charge in [-0.2, -0.15) is 0 Å². The highest BCUT2D eigenvalue weighted by atomic mass is 16.2. The normalized spacial score (nSPS) is 21.3. The maximum Gasteiger partial charge on any atom is 0.253 e. The Morgan fingerprint density at radius 1 is 0.909 bits per heavy atom. The molecular formula is C28H35N3O2. The van der Waals surface area contributed by atoms with Gasteiger partial charge in [-0.25, -0.2) is 0 Å². The van der Waals surface area contributed by atoms with Gasteiger partial charge >= 0.3 is 0 Å². The van der Waals surface area contributed by atoms with E-state index in [2.05, 4.69) is 29.2 Å². The van der Waals surface area contributed by atoms with Crippen LogP contribution in [-0.4, -0.2) is 61.9 Å². The molecule has 1 unspecified atom stereocenters. The zero-order chi connectivity index (χ0) is 23.0. The van der Waals surface area contributed by atoms with Gasteiger partial charge < -0.3 is 14.7 Å². The number of hydrogen-bond donors (Lipinski definition) is 0. The smallest absolute Gasteiger partial charge is 0.253 e. The van der Waals surface area contributed by atoms with Gasteiger partial charge in [-0.15, -0.1) is 0 Å². The number of hydrogen-bond acceptors (Lipinski definition) is 3. The molecule has 33 heavy (non-hydrogen) atoms. The average Bonchev–Trinajstić information content (AvgIpc) is 3.48. The third-order valence-electron chi connectivity index (χ3n) is 8.13. The van der Waals surface area contributed by atoms with E-state index in [0.29, 0.717) is 18.2 Å². The first-order chi connectivity index (χ1) is 16.0. The van der Waals surface area contributed by atoms with Crippen molar-refractivity contribution in [1.82, 2.24) is 9.80 Å². The van der Waals surface area contributed by atoms with Gasteiger partial charge in [0.05, 0.1) is 0 Å². The first kappa shape index (κ1) is 22.0. The predicted octanol–water partition coefficient (Wildman–Crippen LogP) is 4.43. The maximum atomic E-state index is 13.1.